The molecule has 8 heteroatoms. The van der Waals surface area contributed by atoms with E-state index in [9.17, 15) is 4.79 Å². The number of fused-ring (bicyclic) bond motifs is 1. The summed E-state index contributed by atoms with van der Waals surface area (Å²) in [5, 5.41) is 2.02. The number of hydrogen-bond donors (Lipinski definition) is 2. The quantitative estimate of drug-likeness (QED) is 0.636. The fourth-order valence-corrected chi connectivity index (χ4v) is 1.89. The Morgan fingerprint density at radius 1 is 1.41 bits per heavy atom. The zero-order valence-electron chi connectivity index (χ0n) is 9.09. The number of hydrogen-bond acceptors (Lipinski definition) is 6. The van der Waals surface area contributed by atoms with E-state index in [0.29, 0.717) is 24.4 Å². The van der Waals surface area contributed by atoms with Crippen LogP contribution in [0.25, 0.3) is 11.2 Å². The third-order valence-corrected chi connectivity index (χ3v) is 2.70. The summed E-state index contributed by atoms with van der Waals surface area (Å²) in [6.45, 7) is 2.77. The van der Waals surface area contributed by atoms with Crippen molar-refractivity contribution in [1.82, 2.24) is 19.6 Å². The van der Waals surface area contributed by atoms with Gasteiger partial charge in [0.15, 0.2) is 11.2 Å². The normalized spacial score (nSPS) is 16.6. The highest BCUT2D eigenvalue weighted by Crippen LogP contribution is 2.08. The Morgan fingerprint density at radius 3 is 2.94 bits per heavy atom. The highest BCUT2D eigenvalue weighted by atomic mass is 16.5. The van der Waals surface area contributed by atoms with Gasteiger partial charge in [-0.1, -0.05) is 0 Å². The van der Waals surface area contributed by atoms with Gasteiger partial charge in [0.25, 0.3) is 5.56 Å². The van der Waals surface area contributed by atoms with Crippen LogP contribution in [-0.4, -0.2) is 45.9 Å². The van der Waals surface area contributed by atoms with Crippen LogP contribution in [0.1, 0.15) is 0 Å². The Morgan fingerprint density at radius 2 is 2.18 bits per heavy atom. The van der Waals surface area contributed by atoms with E-state index in [4.69, 9.17) is 10.5 Å². The minimum absolute atomic E-state index is 0.0949. The Balaban J connectivity index is 2.13. The highest BCUT2D eigenvalue weighted by molar-refractivity contribution is 5.70. The monoisotopic (exact) mass is 236 g/mol. The molecule has 0 amide bonds. The lowest BCUT2D eigenvalue weighted by molar-refractivity contribution is 0.112. The molecule has 0 bridgehead atoms. The summed E-state index contributed by atoms with van der Waals surface area (Å²) >= 11 is 0. The number of morpholine rings is 1. The molecule has 8 nitrogen and oxygen atoms in total. The number of ether oxygens (including phenoxy) is 1. The molecule has 0 unspecified atom stereocenters. The lowest BCUT2D eigenvalue weighted by atomic mass is 10.5. The number of rotatable bonds is 1. The molecule has 2 aromatic rings. The van der Waals surface area contributed by atoms with Gasteiger partial charge in [-0.25, -0.2) is 9.66 Å². The second kappa shape index (κ2) is 3.74. The van der Waals surface area contributed by atoms with Gasteiger partial charge in [-0.3, -0.25) is 9.78 Å². The molecule has 1 saturated heterocycles. The molecule has 1 aliphatic heterocycles. The van der Waals surface area contributed by atoms with Crippen molar-refractivity contribution >= 4 is 17.1 Å². The number of nitrogen functional groups attached to an aromatic ring is 1. The smallest absolute Gasteiger partial charge is 0.280 e. The Hall–Kier alpha value is -2.09. The van der Waals surface area contributed by atoms with Crippen molar-refractivity contribution in [2.75, 3.05) is 37.0 Å². The van der Waals surface area contributed by atoms with E-state index in [-0.39, 0.29) is 11.5 Å². The molecule has 3 rings (SSSR count). The summed E-state index contributed by atoms with van der Waals surface area (Å²) in [6, 6.07) is 0. The third kappa shape index (κ3) is 1.62. The van der Waals surface area contributed by atoms with Gasteiger partial charge in [0.05, 0.1) is 26.3 Å². The molecule has 17 heavy (non-hydrogen) atoms. The summed E-state index contributed by atoms with van der Waals surface area (Å²) in [7, 11) is 0. The van der Waals surface area contributed by atoms with Gasteiger partial charge in [0.2, 0.25) is 5.95 Å². The molecular weight excluding hydrogens is 224 g/mol. The van der Waals surface area contributed by atoms with Crippen LogP contribution in [0.3, 0.4) is 0 Å². The maximum atomic E-state index is 11.6. The van der Waals surface area contributed by atoms with Crippen LogP contribution in [0.15, 0.2) is 11.1 Å². The van der Waals surface area contributed by atoms with Crippen molar-refractivity contribution in [1.29, 1.82) is 0 Å². The van der Waals surface area contributed by atoms with E-state index in [2.05, 4.69) is 15.0 Å². The summed E-state index contributed by atoms with van der Waals surface area (Å²) in [4.78, 5) is 22.2. The minimum atomic E-state index is -0.320. The molecule has 0 aliphatic carbocycles. The summed E-state index contributed by atoms with van der Waals surface area (Å²) < 4.78 is 7.02. The molecule has 1 aliphatic rings. The molecule has 0 spiro atoms. The SMILES string of the molecule is Nc1nc2c(ncn2N2CCOCC2)c(=O)[nH]1. The zero-order chi connectivity index (χ0) is 11.8. The standard InChI is InChI=1S/C9H12N6O2/c10-9-12-7-6(8(16)13-9)11-5-15(7)14-1-3-17-4-2-14/h5H,1-4H2,(H3,10,12,13,16). The van der Waals surface area contributed by atoms with E-state index >= 15 is 0 Å². The van der Waals surface area contributed by atoms with Crippen LogP contribution in [0.5, 0.6) is 0 Å². The van der Waals surface area contributed by atoms with Gasteiger partial charge in [0, 0.05) is 0 Å². The lowest BCUT2D eigenvalue weighted by Gasteiger charge is -2.29. The van der Waals surface area contributed by atoms with Crippen molar-refractivity contribution < 1.29 is 4.74 Å². The molecular formula is C9H12N6O2. The topological polar surface area (TPSA) is 102 Å². The third-order valence-electron chi connectivity index (χ3n) is 2.70. The first kappa shape index (κ1) is 10.1. The molecule has 2 aromatic heterocycles. The molecule has 0 atom stereocenters. The van der Waals surface area contributed by atoms with E-state index in [1.165, 1.54) is 0 Å². The number of aromatic amines is 1. The van der Waals surface area contributed by atoms with E-state index in [1.807, 2.05) is 5.01 Å². The first-order valence-corrected chi connectivity index (χ1v) is 5.31. The zero-order valence-corrected chi connectivity index (χ0v) is 9.09. The molecule has 0 aromatic carbocycles. The van der Waals surface area contributed by atoms with Gasteiger partial charge in [-0.2, -0.15) is 4.98 Å². The largest absolute Gasteiger partial charge is 0.378 e. The van der Waals surface area contributed by atoms with Crippen molar-refractivity contribution in [3.05, 3.63) is 16.7 Å². The maximum Gasteiger partial charge on any atom is 0.280 e. The number of H-pyrrole nitrogens is 1. The van der Waals surface area contributed by atoms with Gasteiger partial charge < -0.3 is 15.5 Å². The first-order chi connectivity index (χ1) is 8.25. The van der Waals surface area contributed by atoms with Gasteiger partial charge in [-0.15, -0.1) is 0 Å². The minimum Gasteiger partial charge on any atom is -0.378 e. The van der Waals surface area contributed by atoms with E-state index < -0.39 is 0 Å². The molecule has 90 valence electrons. The molecule has 3 heterocycles. The van der Waals surface area contributed by atoms with Crippen molar-refractivity contribution in [3.63, 3.8) is 0 Å². The number of nitrogens with two attached hydrogens (primary N) is 1. The molecule has 0 radical (unpaired) electrons. The average Bonchev–Trinajstić information content (AvgIpc) is 2.74. The molecule has 0 saturated carbocycles. The lowest BCUT2D eigenvalue weighted by Crippen LogP contribution is -2.43. The summed E-state index contributed by atoms with van der Waals surface area (Å²) in [5.74, 6) is 0.0949. The highest BCUT2D eigenvalue weighted by Gasteiger charge is 2.16. The van der Waals surface area contributed by atoms with Gasteiger partial charge in [-0.05, 0) is 0 Å². The van der Waals surface area contributed by atoms with E-state index in [1.54, 1.807) is 11.0 Å². The second-order valence-electron chi connectivity index (χ2n) is 3.78. The van der Waals surface area contributed by atoms with Crippen LogP contribution in [0.4, 0.5) is 5.95 Å². The van der Waals surface area contributed by atoms with Crippen molar-refractivity contribution in [3.8, 4) is 0 Å². The number of anilines is 1. The van der Waals surface area contributed by atoms with Crippen LogP contribution in [-0.2, 0) is 4.74 Å². The second-order valence-corrected chi connectivity index (χ2v) is 3.78. The maximum absolute atomic E-state index is 11.6. The summed E-state index contributed by atoms with van der Waals surface area (Å²) in [5.41, 5.74) is 5.99. The van der Waals surface area contributed by atoms with Crippen LogP contribution in [0.2, 0.25) is 0 Å². The Labute approximate surface area is 96.0 Å². The Bertz CT molecular complexity index is 597. The average molecular weight is 236 g/mol. The van der Waals surface area contributed by atoms with Gasteiger partial charge >= 0.3 is 0 Å². The fraction of sp³-hybridized carbons (Fsp3) is 0.444. The van der Waals surface area contributed by atoms with Crippen LogP contribution < -0.4 is 16.3 Å². The van der Waals surface area contributed by atoms with Crippen molar-refractivity contribution in [2.24, 2.45) is 0 Å². The van der Waals surface area contributed by atoms with Crippen LogP contribution in [0, 0.1) is 0 Å². The number of imidazole rings is 1. The number of nitrogens with zero attached hydrogens (tertiary/aromatic N) is 4. The molecule has 3 N–H and O–H groups in total. The summed E-state index contributed by atoms with van der Waals surface area (Å²) in [6.07, 6.45) is 1.58. The van der Waals surface area contributed by atoms with Gasteiger partial charge in [0.1, 0.15) is 6.33 Å². The number of aromatic nitrogens is 4. The van der Waals surface area contributed by atoms with Crippen molar-refractivity contribution in [2.45, 2.75) is 0 Å². The Kier molecular flexibility index (Phi) is 2.22. The predicted molar refractivity (Wildman–Crippen MR) is 61.3 cm³/mol. The molecule has 1 fully saturated rings. The van der Waals surface area contributed by atoms with E-state index in [0.717, 1.165) is 13.1 Å². The predicted octanol–water partition coefficient (Wildman–Crippen LogP) is -1.33. The first-order valence-electron chi connectivity index (χ1n) is 5.31. The fourth-order valence-electron chi connectivity index (χ4n) is 1.89. The number of nitrogens with one attached hydrogen (secondary N) is 1. The van der Waals surface area contributed by atoms with Crippen LogP contribution >= 0.6 is 0 Å².